The normalized spacial score (nSPS) is 11.7. The van der Waals surface area contributed by atoms with Crippen molar-refractivity contribution in [2.24, 2.45) is 7.05 Å². The largest absolute Gasteiger partial charge is 0.368 e. The molecule has 1 aromatic carbocycles. The summed E-state index contributed by atoms with van der Waals surface area (Å²) in [5.74, 6) is 0.995. The van der Waals surface area contributed by atoms with E-state index in [0.717, 1.165) is 69.2 Å². The van der Waals surface area contributed by atoms with Crippen molar-refractivity contribution >= 4 is 16.7 Å². The molecule has 0 amide bonds. The van der Waals surface area contributed by atoms with E-state index in [4.69, 9.17) is 4.98 Å². The number of rotatable bonds is 12. The van der Waals surface area contributed by atoms with Gasteiger partial charge in [-0.1, -0.05) is 39.8 Å². The summed E-state index contributed by atoms with van der Waals surface area (Å²) in [6.45, 7) is 17.4. The second kappa shape index (κ2) is 11.3. The number of para-hydroxylation sites is 1. The first-order valence-electron chi connectivity index (χ1n) is 11.7. The van der Waals surface area contributed by atoms with E-state index in [2.05, 4.69) is 83.3 Å². The fourth-order valence-electron chi connectivity index (χ4n) is 4.17. The first kappa shape index (κ1) is 23.2. The predicted molar refractivity (Wildman–Crippen MR) is 132 cm³/mol. The number of aromatic nitrogens is 3. The number of hydrogen-bond donors (Lipinski definition) is 0. The third-order valence-corrected chi connectivity index (χ3v) is 6.33. The molecule has 0 unspecified atom stereocenters. The summed E-state index contributed by atoms with van der Waals surface area (Å²) in [5.41, 5.74) is 4.48. The molecule has 31 heavy (non-hydrogen) atoms. The second-order valence-corrected chi connectivity index (χ2v) is 7.92. The Morgan fingerprint density at radius 2 is 1.42 bits per heavy atom. The Labute approximate surface area is 187 Å². The first-order valence-corrected chi connectivity index (χ1v) is 11.7. The Kier molecular flexibility index (Phi) is 8.43. The van der Waals surface area contributed by atoms with E-state index >= 15 is 0 Å². The minimum absolute atomic E-state index is 0.986. The summed E-state index contributed by atoms with van der Waals surface area (Å²) in [4.78, 5) is 16.8. The molecule has 2 aromatic heterocycles. The van der Waals surface area contributed by atoms with Crippen LogP contribution in [0.2, 0.25) is 0 Å². The zero-order valence-corrected chi connectivity index (χ0v) is 19.9. The number of benzene rings is 1. The molecular formula is C25H38N6. The third-order valence-electron chi connectivity index (χ3n) is 6.33. The quantitative estimate of drug-likeness (QED) is 0.439. The number of aryl methyl sites for hydroxylation is 1. The third kappa shape index (κ3) is 5.43. The van der Waals surface area contributed by atoms with Crippen LogP contribution in [0.3, 0.4) is 0 Å². The van der Waals surface area contributed by atoms with Crippen LogP contribution in [-0.4, -0.2) is 76.7 Å². The van der Waals surface area contributed by atoms with Crippen molar-refractivity contribution in [2.45, 2.75) is 27.7 Å². The molecule has 0 saturated heterocycles. The van der Waals surface area contributed by atoms with Gasteiger partial charge in [0.15, 0.2) is 0 Å². The zero-order valence-electron chi connectivity index (χ0n) is 19.9. The SMILES string of the molecule is CCN(CC)CCN(CCN(CC)CC)c1ccccc1-c1nc2ccncc2n1C. The topological polar surface area (TPSA) is 40.4 Å². The molecule has 0 saturated carbocycles. The number of anilines is 1. The van der Waals surface area contributed by atoms with Crippen LogP contribution in [0.15, 0.2) is 42.7 Å². The Hall–Kier alpha value is -2.44. The molecule has 3 aromatic rings. The highest BCUT2D eigenvalue weighted by Gasteiger charge is 2.18. The summed E-state index contributed by atoms with van der Waals surface area (Å²) >= 11 is 0. The van der Waals surface area contributed by atoms with Gasteiger partial charge in [0.05, 0.1) is 17.2 Å². The zero-order chi connectivity index (χ0) is 22.2. The molecule has 0 aliphatic carbocycles. The van der Waals surface area contributed by atoms with Crippen molar-refractivity contribution < 1.29 is 0 Å². The predicted octanol–water partition coefficient (Wildman–Crippen LogP) is 4.13. The van der Waals surface area contributed by atoms with Gasteiger partial charge in [0.2, 0.25) is 0 Å². The molecule has 2 heterocycles. The summed E-state index contributed by atoms with van der Waals surface area (Å²) in [5, 5.41) is 0. The Balaban J connectivity index is 1.96. The lowest BCUT2D eigenvalue weighted by Crippen LogP contribution is -2.40. The molecule has 6 heteroatoms. The van der Waals surface area contributed by atoms with Crippen molar-refractivity contribution in [1.82, 2.24) is 24.3 Å². The van der Waals surface area contributed by atoms with Gasteiger partial charge in [0.25, 0.3) is 0 Å². The minimum Gasteiger partial charge on any atom is -0.368 e. The summed E-state index contributed by atoms with van der Waals surface area (Å²) < 4.78 is 2.16. The van der Waals surface area contributed by atoms with Crippen LogP contribution in [0.5, 0.6) is 0 Å². The second-order valence-electron chi connectivity index (χ2n) is 7.92. The number of likely N-dealkylation sites (N-methyl/N-ethyl adjacent to an activating group) is 2. The van der Waals surface area contributed by atoms with Gasteiger partial charge in [-0.3, -0.25) is 4.98 Å². The van der Waals surface area contributed by atoms with Crippen molar-refractivity contribution in [3.05, 3.63) is 42.7 Å². The molecule has 0 aliphatic heterocycles. The molecular weight excluding hydrogens is 384 g/mol. The van der Waals surface area contributed by atoms with Crippen molar-refractivity contribution in [2.75, 3.05) is 57.3 Å². The van der Waals surface area contributed by atoms with Gasteiger partial charge in [0.1, 0.15) is 5.82 Å². The van der Waals surface area contributed by atoms with E-state index in [1.807, 2.05) is 18.5 Å². The molecule has 6 nitrogen and oxygen atoms in total. The average molecular weight is 423 g/mol. The number of hydrogen-bond acceptors (Lipinski definition) is 5. The maximum absolute atomic E-state index is 4.96. The number of fused-ring (bicyclic) bond motifs is 1. The molecule has 0 spiro atoms. The highest BCUT2D eigenvalue weighted by atomic mass is 15.2. The minimum atomic E-state index is 0.986. The monoisotopic (exact) mass is 422 g/mol. The van der Waals surface area contributed by atoms with E-state index in [1.54, 1.807) is 0 Å². The smallest absolute Gasteiger partial charge is 0.143 e. The molecule has 0 bridgehead atoms. The van der Waals surface area contributed by atoms with Crippen LogP contribution in [0.1, 0.15) is 27.7 Å². The fraction of sp³-hybridized carbons (Fsp3) is 0.520. The highest BCUT2D eigenvalue weighted by Crippen LogP contribution is 2.32. The molecule has 168 valence electrons. The highest BCUT2D eigenvalue weighted by molar-refractivity contribution is 5.83. The van der Waals surface area contributed by atoms with E-state index in [-0.39, 0.29) is 0 Å². The van der Waals surface area contributed by atoms with E-state index in [0.29, 0.717) is 0 Å². The van der Waals surface area contributed by atoms with Gasteiger partial charge < -0.3 is 19.3 Å². The van der Waals surface area contributed by atoms with Gasteiger partial charge in [-0.05, 0) is 44.4 Å². The average Bonchev–Trinajstić information content (AvgIpc) is 3.15. The first-order chi connectivity index (χ1) is 15.1. The van der Waals surface area contributed by atoms with Crippen LogP contribution in [0, 0.1) is 0 Å². The van der Waals surface area contributed by atoms with Gasteiger partial charge in [-0.2, -0.15) is 0 Å². The maximum atomic E-state index is 4.96. The standard InChI is InChI=1S/C25H38N6/c1-6-29(7-2)16-18-31(19-17-30(8-3)9-4)23-13-11-10-12-21(23)25-27-22-14-15-26-20-24(22)28(25)5/h10-15,20H,6-9,16-19H2,1-5H3. The molecule has 0 fully saturated rings. The number of imidazole rings is 1. The molecule has 0 atom stereocenters. The lowest BCUT2D eigenvalue weighted by atomic mass is 10.1. The van der Waals surface area contributed by atoms with Gasteiger partial charge >= 0.3 is 0 Å². The molecule has 3 rings (SSSR count). The summed E-state index contributed by atoms with van der Waals surface area (Å²) in [7, 11) is 2.08. The van der Waals surface area contributed by atoms with E-state index < -0.39 is 0 Å². The molecule has 0 N–H and O–H groups in total. The maximum Gasteiger partial charge on any atom is 0.143 e. The summed E-state index contributed by atoms with van der Waals surface area (Å²) in [6.07, 6.45) is 3.71. The van der Waals surface area contributed by atoms with Crippen LogP contribution in [0.25, 0.3) is 22.4 Å². The number of pyridine rings is 1. The molecule has 0 radical (unpaired) electrons. The van der Waals surface area contributed by atoms with E-state index in [9.17, 15) is 0 Å². The van der Waals surface area contributed by atoms with Crippen molar-refractivity contribution in [3.63, 3.8) is 0 Å². The lowest BCUT2D eigenvalue weighted by molar-refractivity contribution is 0.294. The Morgan fingerprint density at radius 3 is 2.00 bits per heavy atom. The Morgan fingerprint density at radius 1 is 0.806 bits per heavy atom. The van der Waals surface area contributed by atoms with E-state index in [1.165, 1.54) is 11.3 Å². The Bertz CT molecular complexity index is 926. The van der Waals surface area contributed by atoms with Crippen molar-refractivity contribution in [3.8, 4) is 11.4 Å². The fourth-order valence-corrected chi connectivity index (χ4v) is 4.17. The van der Waals surface area contributed by atoms with Crippen LogP contribution < -0.4 is 4.90 Å². The van der Waals surface area contributed by atoms with Gasteiger partial charge in [-0.15, -0.1) is 0 Å². The van der Waals surface area contributed by atoms with Crippen LogP contribution in [0.4, 0.5) is 5.69 Å². The van der Waals surface area contributed by atoms with Gasteiger partial charge in [0, 0.05) is 50.7 Å². The molecule has 0 aliphatic rings. The van der Waals surface area contributed by atoms with Gasteiger partial charge in [-0.25, -0.2) is 4.98 Å². The number of nitrogens with zero attached hydrogens (tertiary/aromatic N) is 6. The van der Waals surface area contributed by atoms with Crippen LogP contribution >= 0.6 is 0 Å². The van der Waals surface area contributed by atoms with Crippen LogP contribution in [-0.2, 0) is 7.05 Å². The lowest BCUT2D eigenvalue weighted by Gasteiger charge is -2.31. The van der Waals surface area contributed by atoms with Crippen molar-refractivity contribution in [1.29, 1.82) is 0 Å². The summed E-state index contributed by atoms with van der Waals surface area (Å²) in [6, 6.07) is 10.7.